The molecular formula is C11H18N2O3. The van der Waals surface area contributed by atoms with Crippen LogP contribution in [0.1, 0.15) is 20.8 Å². The molecule has 0 bridgehead atoms. The Morgan fingerprint density at radius 1 is 1.38 bits per heavy atom. The Labute approximate surface area is 95.6 Å². The van der Waals surface area contributed by atoms with Crippen molar-refractivity contribution in [3.63, 3.8) is 0 Å². The van der Waals surface area contributed by atoms with Crippen LogP contribution < -0.4 is 10.6 Å². The first-order valence-electron chi connectivity index (χ1n) is 5.11. The van der Waals surface area contributed by atoms with Gasteiger partial charge in [-0.25, -0.2) is 4.79 Å². The predicted molar refractivity (Wildman–Crippen MR) is 60.8 cm³/mol. The quantitative estimate of drug-likeness (QED) is 0.603. The molecule has 0 aliphatic carbocycles. The molecule has 0 saturated heterocycles. The second kappa shape index (κ2) is 6.72. The summed E-state index contributed by atoms with van der Waals surface area (Å²) in [6, 6.07) is -0.820. The van der Waals surface area contributed by atoms with E-state index in [1.807, 2.05) is 0 Å². The van der Waals surface area contributed by atoms with E-state index >= 15 is 0 Å². The third-order valence-corrected chi connectivity index (χ3v) is 2.20. The molecule has 2 unspecified atom stereocenters. The van der Waals surface area contributed by atoms with Gasteiger partial charge in [-0.15, -0.1) is 6.42 Å². The van der Waals surface area contributed by atoms with Crippen molar-refractivity contribution < 1.29 is 14.7 Å². The number of hydrogen-bond acceptors (Lipinski definition) is 2. The van der Waals surface area contributed by atoms with Gasteiger partial charge in [0, 0.05) is 6.54 Å². The average Bonchev–Trinajstić information content (AvgIpc) is 2.16. The number of carbonyl (C=O) groups is 2. The van der Waals surface area contributed by atoms with E-state index in [1.165, 1.54) is 0 Å². The topological polar surface area (TPSA) is 78.4 Å². The van der Waals surface area contributed by atoms with E-state index in [1.54, 1.807) is 20.8 Å². The number of amides is 2. The number of urea groups is 1. The van der Waals surface area contributed by atoms with Gasteiger partial charge in [-0.1, -0.05) is 19.8 Å². The summed E-state index contributed by atoms with van der Waals surface area (Å²) < 4.78 is 0. The van der Waals surface area contributed by atoms with Crippen LogP contribution in [0.25, 0.3) is 0 Å². The second-order valence-electron chi connectivity index (χ2n) is 3.93. The summed E-state index contributed by atoms with van der Waals surface area (Å²) in [5, 5.41) is 13.8. The van der Waals surface area contributed by atoms with Crippen LogP contribution in [0.5, 0.6) is 0 Å². The number of terminal acetylenes is 1. The maximum atomic E-state index is 11.3. The molecule has 0 radical (unpaired) electrons. The molecule has 5 heteroatoms. The van der Waals surface area contributed by atoms with E-state index in [9.17, 15) is 9.59 Å². The summed E-state index contributed by atoms with van der Waals surface area (Å²) in [5.41, 5.74) is 0. The molecule has 3 N–H and O–H groups in total. The molecule has 0 saturated carbocycles. The molecule has 16 heavy (non-hydrogen) atoms. The Bertz CT molecular complexity index is 294. The maximum Gasteiger partial charge on any atom is 0.315 e. The van der Waals surface area contributed by atoms with Crippen molar-refractivity contribution in [3.8, 4) is 12.3 Å². The lowest BCUT2D eigenvalue weighted by Gasteiger charge is -2.17. The van der Waals surface area contributed by atoms with Crippen LogP contribution in [-0.4, -0.2) is 29.7 Å². The number of carboxylic acids is 1. The molecular weight excluding hydrogens is 208 g/mol. The summed E-state index contributed by atoms with van der Waals surface area (Å²) in [6.07, 6.45) is 5.09. The van der Waals surface area contributed by atoms with Crippen LogP contribution in [0.4, 0.5) is 4.79 Å². The predicted octanol–water partition coefficient (Wildman–Crippen LogP) is 0.664. The molecule has 2 amide bonds. The molecule has 0 rings (SSSR count). The van der Waals surface area contributed by atoms with Crippen molar-refractivity contribution in [2.24, 2.45) is 11.8 Å². The van der Waals surface area contributed by atoms with Crippen LogP contribution in [0, 0.1) is 24.2 Å². The van der Waals surface area contributed by atoms with Crippen LogP contribution in [0.15, 0.2) is 0 Å². The highest BCUT2D eigenvalue weighted by Crippen LogP contribution is 2.09. The van der Waals surface area contributed by atoms with E-state index in [0.29, 0.717) is 0 Å². The summed E-state index contributed by atoms with van der Waals surface area (Å²) in [7, 11) is 0. The molecule has 90 valence electrons. The van der Waals surface area contributed by atoms with Gasteiger partial charge in [0.15, 0.2) is 0 Å². The fourth-order valence-corrected chi connectivity index (χ4v) is 1.10. The normalized spacial score (nSPS) is 13.7. The Morgan fingerprint density at radius 3 is 2.31 bits per heavy atom. The zero-order valence-electron chi connectivity index (χ0n) is 9.78. The van der Waals surface area contributed by atoms with Crippen molar-refractivity contribution in [1.82, 2.24) is 10.6 Å². The smallest absolute Gasteiger partial charge is 0.315 e. The van der Waals surface area contributed by atoms with E-state index in [-0.39, 0.29) is 18.5 Å². The molecule has 0 heterocycles. The third kappa shape index (κ3) is 5.25. The minimum Gasteiger partial charge on any atom is -0.481 e. The third-order valence-electron chi connectivity index (χ3n) is 2.20. The summed E-state index contributed by atoms with van der Waals surface area (Å²) in [4.78, 5) is 22.1. The number of aliphatic carboxylic acids is 1. The van der Waals surface area contributed by atoms with Crippen LogP contribution in [0.2, 0.25) is 0 Å². The number of rotatable bonds is 5. The minimum absolute atomic E-state index is 0.0390. The van der Waals surface area contributed by atoms with Gasteiger partial charge in [0.2, 0.25) is 0 Å². The highest BCUT2D eigenvalue weighted by atomic mass is 16.4. The summed E-state index contributed by atoms with van der Waals surface area (Å²) >= 11 is 0. The van der Waals surface area contributed by atoms with Gasteiger partial charge in [0.1, 0.15) is 0 Å². The molecule has 0 aromatic carbocycles. The monoisotopic (exact) mass is 226 g/mol. The standard InChI is InChI=1S/C11H18N2O3/c1-5-8(4)13-11(16)12-6-9(7(2)3)10(14)15/h1,7-9H,6H2,2-4H3,(H,14,15)(H2,12,13,16). The summed E-state index contributed by atoms with van der Waals surface area (Å²) in [6.45, 7) is 5.34. The zero-order valence-corrected chi connectivity index (χ0v) is 9.78. The minimum atomic E-state index is -0.916. The largest absolute Gasteiger partial charge is 0.481 e. The van der Waals surface area contributed by atoms with Gasteiger partial charge in [0.05, 0.1) is 12.0 Å². The van der Waals surface area contributed by atoms with Gasteiger partial charge in [-0.2, -0.15) is 0 Å². The van der Waals surface area contributed by atoms with E-state index in [2.05, 4.69) is 16.6 Å². The highest BCUT2D eigenvalue weighted by molar-refractivity contribution is 5.76. The summed E-state index contributed by atoms with van der Waals surface area (Å²) in [5.74, 6) is 0.794. The molecule has 0 fully saturated rings. The highest BCUT2D eigenvalue weighted by Gasteiger charge is 2.21. The lowest BCUT2D eigenvalue weighted by molar-refractivity contribution is -0.142. The van der Waals surface area contributed by atoms with Crippen LogP contribution in [0.3, 0.4) is 0 Å². The first-order valence-corrected chi connectivity index (χ1v) is 5.11. The number of hydrogen-bond donors (Lipinski definition) is 3. The van der Waals surface area contributed by atoms with E-state index in [4.69, 9.17) is 11.5 Å². The maximum absolute atomic E-state index is 11.3. The van der Waals surface area contributed by atoms with Crippen LogP contribution in [-0.2, 0) is 4.79 Å². The first kappa shape index (κ1) is 14.3. The molecule has 0 aliphatic rings. The van der Waals surface area contributed by atoms with E-state index in [0.717, 1.165) is 0 Å². The number of nitrogens with one attached hydrogen (secondary N) is 2. The van der Waals surface area contributed by atoms with Crippen molar-refractivity contribution in [1.29, 1.82) is 0 Å². The molecule has 0 spiro atoms. The number of carboxylic acid groups (broad SMARTS) is 1. The Kier molecular flexibility index (Phi) is 6.01. The van der Waals surface area contributed by atoms with E-state index < -0.39 is 17.9 Å². The van der Waals surface area contributed by atoms with Crippen molar-refractivity contribution in [2.45, 2.75) is 26.8 Å². The van der Waals surface area contributed by atoms with Gasteiger partial charge in [-0.3, -0.25) is 4.79 Å². The molecule has 2 atom stereocenters. The lowest BCUT2D eigenvalue weighted by atomic mass is 9.96. The fourth-order valence-electron chi connectivity index (χ4n) is 1.10. The zero-order chi connectivity index (χ0) is 12.7. The fraction of sp³-hybridized carbons (Fsp3) is 0.636. The molecule has 0 aromatic heterocycles. The average molecular weight is 226 g/mol. The SMILES string of the molecule is C#CC(C)NC(=O)NCC(C(=O)O)C(C)C. The van der Waals surface area contributed by atoms with Crippen molar-refractivity contribution in [3.05, 3.63) is 0 Å². The Balaban J connectivity index is 4.08. The van der Waals surface area contributed by atoms with Gasteiger partial charge >= 0.3 is 12.0 Å². The van der Waals surface area contributed by atoms with Crippen molar-refractivity contribution >= 4 is 12.0 Å². The van der Waals surface area contributed by atoms with Gasteiger partial charge in [0.25, 0.3) is 0 Å². The van der Waals surface area contributed by atoms with Crippen LogP contribution >= 0.6 is 0 Å². The second-order valence-corrected chi connectivity index (χ2v) is 3.93. The molecule has 0 aliphatic heterocycles. The van der Waals surface area contributed by atoms with Gasteiger partial charge < -0.3 is 15.7 Å². The number of carbonyl (C=O) groups excluding carboxylic acids is 1. The Morgan fingerprint density at radius 2 is 1.94 bits per heavy atom. The van der Waals surface area contributed by atoms with Gasteiger partial charge in [-0.05, 0) is 12.8 Å². The molecule has 5 nitrogen and oxygen atoms in total. The lowest BCUT2D eigenvalue weighted by Crippen LogP contribution is -2.44. The Hall–Kier alpha value is -1.70. The van der Waals surface area contributed by atoms with Crippen molar-refractivity contribution in [2.75, 3.05) is 6.54 Å². The molecule has 0 aromatic rings. The first-order chi connectivity index (χ1) is 7.38.